The van der Waals surface area contributed by atoms with Crippen LogP contribution in [-0.2, 0) is 12.8 Å². The molecule has 0 heterocycles. The standard InChI is InChI=1S/C17H13Cl2NO/c18-13-5-6-15(19)14(7-13)16(21)17(10-20)8-11-3-1-2-4-12(11)9-17/h1-7,16,21H,8-9H2. The largest absolute Gasteiger partial charge is 0.387 e. The topological polar surface area (TPSA) is 44.0 Å². The summed E-state index contributed by atoms with van der Waals surface area (Å²) in [7, 11) is 0. The summed E-state index contributed by atoms with van der Waals surface area (Å²) < 4.78 is 0. The molecule has 2 aromatic carbocycles. The number of rotatable bonds is 2. The first kappa shape index (κ1) is 14.4. The molecule has 21 heavy (non-hydrogen) atoms. The number of fused-ring (bicyclic) bond motifs is 1. The highest BCUT2D eigenvalue weighted by Crippen LogP contribution is 2.47. The van der Waals surface area contributed by atoms with Crippen LogP contribution >= 0.6 is 23.2 Å². The lowest BCUT2D eigenvalue weighted by molar-refractivity contribution is 0.0694. The Morgan fingerprint density at radius 3 is 2.29 bits per heavy atom. The van der Waals surface area contributed by atoms with E-state index in [9.17, 15) is 10.4 Å². The molecular formula is C17H13Cl2NO. The molecule has 0 fully saturated rings. The Morgan fingerprint density at radius 2 is 1.71 bits per heavy atom. The minimum absolute atomic E-state index is 0.428. The van der Waals surface area contributed by atoms with Crippen LogP contribution in [-0.4, -0.2) is 5.11 Å². The highest BCUT2D eigenvalue weighted by molar-refractivity contribution is 6.33. The number of aliphatic hydroxyl groups is 1. The van der Waals surface area contributed by atoms with E-state index in [2.05, 4.69) is 6.07 Å². The second-order valence-corrected chi connectivity index (χ2v) is 6.30. The molecule has 0 saturated carbocycles. The van der Waals surface area contributed by atoms with Gasteiger partial charge in [-0.1, -0.05) is 47.5 Å². The number of benzene rings is 2. The van der Waals surface area contributed by atoms with E-state index in [1.165, 1.54) is 0 Å². The van der Waals surface area contributed by atoms with Gasteiger partial charge in [0.2, 0.25) is 0 Å². The van der Waals surface area contributed by atoms with Crippen molar-refractivity contribution in [3.63, 3.8) is 0 Å². The first-order valence-electron chi connectivity index (χ1n) is 6.67. The number of hydrogen-bond donors (Lipinski definition) is 1. The van der Waals surface area contributed by atoms with Crippen LogP contribution in [0.3, 0.4) is 0 Å². The third kappa shape index (κ3) is 2.42. The minimum atomic E-state index is -0.971. The second kappa shape index (κ2) is 5.35. The van der Waals surface area contributed by atoms with Crippen LogP contribution in [0.1, 0.15) is 22.8 Å². The SMILES string of the molecule is N#CC1(C(O)c2cc(Cl)ccc2Cl)Cc2ccccc2C1. The van der Waals surface area contributed by atoms with Gasteiger partial charge in [-0.25, -0.2) is 0 Å². The average Bonchev–Trinajstić information content (AvgIpc) is 2.89. The number of halogens is 2. The molecule has 1 aliphatic carbocycles. The van der Waals surface area contributed by atoms with Gasteiger partial charge in [0.1, 0.15) is 0 Å². The number of nitriles is 1. The van der Waals surface area contributed by atoms with Crippen LogP contribution in [0.25, 0.3) is 0 Å². The Bertz CT molecular complexity index is 711. The van der Waals surface area contributed by atoms with E-state index < -0.39 is 11.5 Å². The molecule has 0 aliphatic heterocycles. The fourth-order valence-electron chi connectivity index (χ4n) is 3.00. The molecule has 3 rings (SSSR count). The molecule has 1 aliphatic rings. The van der Waals surface area contributed by atoms with E-state index in [1.807, 2.05) is 24.3 Å². The first-order valence-corrected chi connectivity index (χ1v) is 7.42. The zero-order chi connectivity index (χ0) is 15.0. The predicted molar refractivity (Wildman–Crippen MR) is 83.3 cm³/mol. The highest BCUT2D eigenvalue weighted by Gasteiger charge is 2.45. The van der Waals surface area contributed by atoms with Gasteiger partial charge >= 0.3 is 0 Å². The van der Waals surface area contributed by atoms with Crippen molar-refractivity contribution < 1.29 is 5.11 Å². The van der Waals surface area contributed by atoms with Crippen LogP contribution in [0.4, 0.5) is 0 Å². The monoisotopic (exact) mass is 317 g/mol. The second-order valence-electron chi connectivity index (χ2n) is 5.46. The quantitative estimate of drug-likeness (QED) is 0.895. The summed E-state index contributed by atoms with van der Waals surface area (Å²) in [5, 5.41) is 21.4. The Balaban J connectivity index is 2.02. The molecule has 2 aromatic rings. The summed E-state index contributed by atoms with van der Waals surface area (Å²) in [6, 6.07) is 15.2. The zero-order valence-electron chi connectivity index (χ0n) is 11.2. The molecule has 106 valence electrons. The van der Waals surface area contributed by atoms with Gasteiger partial charge in [-0.15, -0.1) is 0 Å². The normalized spacial score (nSPS) is 17.0. The summed E-state index contributed by atoms with van der Waals surface area (Å²) in [6.07, 6.45) is 0.0639. The van der Waals surface area contributed by atoms with E-state index in [0.29, 0.717) is 28.5 Å². The van der Waals surface area contributed by atoms with Crippen molar-refractivity contribution in [3.8, 4) is 6.07 Å². The van der Waals surface area contributed by atoms with Gasteiger partial charge in [0.25, 0.3) is 0 Å². The maximum absolute atomic E-state index is 10.8. The van der Waals surface area contributed by atoms with Gasteiger partial charge in [0.05, 0.1) is 17.6 Å². The van der Waals surface area contributed by atoms with Crippen molar-refractivity contribution >= 4 is 23.2 Å². The maximum Gasteiger partial charge on any atom is 0.0997 e. The van der Waals surface area contributed by atoms with Crippen molar-refractivity contribution in [2.75, 3.05) is 0 Å². The Labute approximate surface area is 133 Å². The van der Waals surface area contributed by atoms with Crippen LogP contribution in [0, 0.1) is 16.7 Å². The molecule has 0 spiro atoms. The van der Waals surface area contributed by atoms with Crippen LogP contribution in [0.15, 0.2) is 42.5 Å². The van der Waals surface area contributed by atoms with Crippen molar-refractivity contribution in [2.45, 2.75) is 18.9 Å². The van der Waals surface area contributed by atoms with Gasteiger partial charge in [-0.2, -0.15) is 5.26 Å². The van der Waals surface area contributed by atoms with Gasteiger partial charge in [0, 0.05) is 15.6 Å². The zero-order valence-corrected chi connectivity index (χ0v) is 12.7. The summed E-state index contributed by atoms with van der Waals surface area (Å²) >= 11 is 12.2. The molecular weight excluding hydrogens is 305 g/mol. The first-order chi connectivity index (χ1) is 10.1. The lowest BCUT2D eigenvalue weighted by Gasteiger charge is -2.28. The number of hydrogen-bond acceptors (Lipinski definition) is 2. The van der Waals surface area contributed by atoms with Gasteiger partial charge in [-0.05, 0) is 42.2 Å². The average molecular weight is 318 g/mol. The van der Waals surface area contributed by atoms with E-state index in [-0.39, 0.29) is 0 Å². The minimum Gasteiger partial charge on any atom is -0.387 e. The Kier molecular flexibility index (Phi) is 3.67. The molecule has 0 saturated heterocycles. The fraction of sp³-hybridized carbons (Fsp3) is 0.235. The third-order valence-electron chi connectivity index (χ3n) is 4.13. The van der Waals surface area contributed by atoms with E-state index in [4.69, 9.17) is 23.2 Å². The van der Waals surface area contributed by atoms with Crippen LogP contribution in [0.5, 0.6) is 0 Å². The summed E-state index contributed by atoms with van der Waals surface area (Å²) in [5.41, 5.74) is 1.84. The van der Waals surface area contributed by atoms with Crippen LogP contribution in [0.2, 0.25) is 10.0 Å². The molecule has 0 radical (unpaired) electrons. The molecule has 0 amide bonds. The summed E-state index contributed by atoms with van der Waals surface area (Å²) in [5.74, 6) is 0. The molecule has 0 aromatic heterocycles. The smallest absolute Gasteiger partial charge is 0.0997 e. The van der Waals surface area contributed by atoms with Crippen LogP contribution < -0.4 is 0 Å². The van der Waals surface area contributed by atoms with Crippen molar-refractivity contribution in [2.24, 2.45) is 5.41 Å². The van der Waals surface area contributed by atoms with Crippen molar-refractivity contribution in [1.82, 2.24) is 0 Å². The molecule has 1 atom stereocenters. The molecule has 1 N–H and O–H groups in total. The molecule has 1 unspecified atom stereocenters. The van der Waals surface area contributed by atoms with Crippen molar-refractivity contribution in [1.29, 1.82) is 5.26 Å². The third-order valence-corrected chi connectivity index (χ3v) is 4.71. The van der Waals surface area contributed by atoms with Gasteiger partial charge in [0.15, 0.2) is 0 Å². The maximum atomic E-state index is 10.8. The summed E-state index contributed by atoms with van der Waals surface area (Å²) in [6.45, 7) is 0. The molecule has 0 bridgehead atoms. The van der Waals surface area contributed by atoms with Crippen molar-refractivity contribution in [3.05, 3.63) is 69.2 Å². The number of nitrogens with zero attached hydrogens (tertiary/aromatic N) is 1. The van der Waals surface area contributed by atoms with Gasteiger partial charge < -0.3 is 5.11 Å². The predicted octanol–water partition coefficient (Wildman–Crippen LogP) is 4.34. The highest BCUT2D eigenvalue weighted by atomic mass is 35.5. The Hall–Kier alpha value is -1.53. The van der Waals surface area contributed by atoms with E-state index in [0.717, 1.165) is 11.1 Å². The molecule has 4 heteroatoms. The lowest BCUT2D eigenvalue weighted by atomic mass is 9.77. The molecule has 2 nitrogen and oxygen atoms in total. The Morgan fingerprint density at radius 1 is 1.10 bits per heavy atom. The van der Waals surface area contributed by atoms with E-state index in [1.54, 1.807) is 18.2 Å². The fourth-order valence-corrected chi connectivity index (χ4v) is 3.40. The van der Waals surface area contributed by atoms with Gasteiger partial charge in [-0.3, -0.25) is 0 Å². The summed E-state index contributed by atoms with van der Waals surface area (Å²) in [4.78, 5) is 0. The lowest BCUT2D eigenvalue weighted by Crippen LogP contribution is -2.28. The number of aliphatic hydroxyl groups excluding tert-OH is 1. The van der Waals surface area contributed by atoms with E-state index >= 15 is 0 Å².